The van der Waals surface area contributed by atoms with Crippen LogP contribution in [0.4, 0.5) is 18.9 Å². The Morgan fingerprint density at radius 1 is 1.00 bits per heavy atom. The molecule has 0 fully saturated rings. The number of rotatable bonds is 5. The van der Waals surface area contributed by atoms with Crippen molar-refractivity contribution in [1.29, 1.82) is 0 Å². The monoisotopic (exact) mass is 420 g/mol. The summed E-state index contributed by atoms with van der Waals surface area (Å²) >= 11 is 0. The Morgan fingerprint density at radius 2 is 1.53 bits per heavy atom. The Balaban J connectivity index is 1.62. The zero-order valence-corrected chi connectivity index (χ0v) is 15.5. The second-order valence-electron chi connectivity index (χ2n) is 6.40. The van der Waals surface area contributed by atoms with Gasteiger partial charge in [0.2, 0.25) is 0 Å². The standard InChI is InChI=1S/C20H15F3N2O5/c1-11(25-17(27)12-6-2-3-7-13(12)18(25)28)19(29)30-10-16(26)24-15-9-5-4-8-14(15)20(21,22)23/h2-9,11H,10H2,1H3,(H,24,26)/t11-/m1/s1. The first-order valence-corrected chi connectivity index (χ1v) is 8.71. The van der Waals surface area contributed by atoms with Gasteiger partial charge in [-0.25, -0.2) is 4.79 Å². The van der Waals surface area contributed by atoms with Gasteiger partial charge >= 0.3 is 12.1 Å². The number of amides is 3. The van der Waals surface area contributed by atoms with E-state index < -0.39 is 53.8 Å². The lowest BCUT2D eigenvalue weighted by atomic mass is 10.1. The number of esters is 1. The molecule has 0 unspecified atom stereocenters. The molecule has 3 amide bonds. The van der Waals surface area contributed by atoms with Crippen LogP contribution in [-0.2, 0) is 20.5 Å². The van der Waals surface area contributed by atoms with Crippen molar-refractivity contribution < 1.29 is 37.1 Å². The van der Waals surface area contributed by atoms with E-state index in [-0.39, 0.29) is 11.1 Å². The molecule has 0 radical (unpaired) electrons. The Hall–Kier alpha value is -3.69. The van der Waals surface area contributed by atoms with Crippen molar-refractivity contribution in [3.05, 3.63) is 65.2 Å². The van der Waals surface area contributed by atoms with Gasteiger partial charge in [0, 0.05) is 0 Å². The summed E-state index contributed by atoms with van der Waals surface area (Å²) in [5, 5.41) is 2.03. The van der Waals surface area contributed by atoms with Gasteiger partial charge in [0.15, 0.2) is 6.61 Å². The maximum Gasteiger partial charge on any atom is 0.418 e. The molecule has 1 atom stereocenters. The number of carbonyl (C=O) groups is 4. The average Bonchev–Trinajstić information content (AvgIpc) is 2.96. The van der Waals surface area contributed by atoms with Gasteiger partial charge in [-0.2, -0.15) is 13.2 Å². The minimum atomic E-state index is -4.68. The van der Waals surface area contributed by atoms with Gasteiger partial charge in [-0.05, 0) is 31.2 Å². The summed E-state index contributed by atoms with van der Waals surface area (Å²) in [6, 6.07) is 9.03. The smallest absolute Gasteiger partial charge is 0.418 e. The number of nitrogens with zero attached hydrogens (tertiary/aromatic N) is 1. The molecule has 2 aromatic carbocycles. The van der Waals surface area contributed by atoms with Crippen LogP contribution >= 0.6 is 0 Å². The fraction of sp³-hybridized carbons (Fsp3) is 0.200. The normalized spacial score (nSPS) is 14.3. The summed E-state index contributed by atoms with van der Waals surface area (Å²) in [6.07, 6.45) is -4.68. The fourth-order valence-corrected chi connectivity index (χ4v) is 2.95. The van der Waals surface area contributed by atoms with Crippen LogP contribution in [0.25, 0.3) is 0 Å². The molecule has 1 aliphatic rings. The van der Waals surface area contributed by atoms with Crippen molar-refractivity contribution >= 4 is 29.4 Å². The number of imide groups is 1. The van der Waals surface area contributed by atoms with E-state index >= 15 is 0 Å². The first-order chi connectivity index (χ1) is 14.1. The molecule has 0 saturated heterocycles. The summed E-state index contributed by atoms with van der Waals surface area (Å²) in [5.41, 5.74) is -1.25. The van der Waals surface area contributed by atoms with Crippen molar-refractivity contribution in [2.45, 2.75) is 19.1 Å². The van der Waals surface area contributed by atoms with Crippen LogP contribution in [0.1, 0.15) is 33.2 Å². The Morgan fingerprint density at radius 3 is 2.10 bits per heavy atom. The highest BCUT2D eigenvalue weighted by molar-refractivity contribution is 6.22. The number of para-hydroxylation sites is 1. The second-order valence-corrected chi connectivity index (χ2v) is 6.40. The van der Waals surface area contributed by atoms with E-state index in [2.05, 4.69) is 0 Å². The molecule has 1 aliphatic heterocycles. The van der Waals surface area contributed by atoms with Gasteiger partial charge < -0.3 is 10.1 Å². The molecule has 1 N–H and O–H groups in total. The second kappa shape index (κ2) is 7.97. The number of hydrogen-bond acceptors (Lipinski definition) is 5. The lowest BCUT2D eigenvalue weighted by Gasteiger charge is -2.21. The van der Waals surface area contributed by atoms with Crippen LogP contribution in [0.15, 0.2) is 48.5 Å². The zero-order valence-electron chi connectivity index (χ0n) is 15.5. The molecule has 0 spiro atoms. The maximum atomic E-state index is 13.0. The molecule has 2 aromatic rings. The van der Waals surface area contributed by atoms with Crippen LogP contribution in [0, 0.1) is 0 Å². The number of fused-ring (bicyclic) bond motifs is 1. The largest absolute Gasteiger partial charge is 0.454 e. The van der Waals surface area contributed by atoms with Crippen LogP contribution in [0.2, 0.25) is 0 Å². The number of hydrogen-bond donors (Lipinski definition) is 1. The van der Waals surface area contributed by atoms with E-state index in [1.807, 2.05) is 5.32 Å². The quantitative estimate of drug-likeness (QED) is 0.593. The van der Waals surface area contributed by atoms with Crippen molar-refractivity contribution in [3.63, 3.8) is 0 Å². The molecule has 7 nitrogen and oxygen atoms in total. The first-order valence-electron chi connectivity index (χ1n) is 8.71. The number of nitrogens with one attached hydrogen (secondary N) is 1. The molecule has 3 rings (SSSR count). The Kier molecular flexibility index (Phi) is 5.59. The number of ether oxygens (including phenoxy) is 1. The number of halogens is 3. The molecule has 0 saturated carbocycles. The summed E-state index contributed by atoms with van der Waals surface area (Å²) in [6.45, 7) is 0.361. The molecule has 1 heterocycles. The number of benzene rings is 2. The van der Waals surface area contributed by atoms with E-state index in [0.29, 0.717) is 4.90 Å². The highest BCUT2D eigenvalue weighted by Gasteiger charge is 2.41. The third kappa shape index (κ3) is 4.02. The lowest BCUT2D eigenvalue weighted by molar-refractivity contribution is -0.150. The van der Waals surface area contributed by atoms with Gasteiger partial charge in [0.25, 0.3) is 17.7 Å². The van der Waals surface area contributed by atoms with E-state index in [4.69, 9.17) is 4.74 Å². The summed E-state index contributed by atoms with van der Waals surface area (Å²) in [7, 11) is 0. The van der Waals surface area contributed by atoms with Crippen LogP contribution in [0.5, 0.6) is 0 Å². The third-order valence-corrected chi connectivity index (χ3v) is 4.41. The van der Waals surface area contributed by atoms with E-state index in [9.17, 15) is 32.3 Å². The van der Waals surface area contributed by atoms with Crippen molar-refractivity contribution in [1.82, 2.24) is 4.90 Å². The van der Waals surface area contributed by atoms with Gasteiger partial charge in [-0.15, -0.1) is 0 Å². The van der Waals surface area contributed by atoms with Gasteiger partial charge in [0.05, 0.1) is 22.4 Å². The highest BCUT2D eigenvalue weighted by Crippen LogP contribution is 2.34. The molecule has 0 aromatic heterocycles. The predicted molar refractivity (Wildman–Crippen MR) is 97.4 cm³/mol. The summed E-state index contributed by atoms with van der Waals surface area (Å²) < 4.78 is 43.7. The SMILES string of the molecule is C[C@H](C(=O)OCC(=O)Nc1ccccc1C(F)(F)F)N1C(=O)c2ccccc2C1=O. The van der Waals surface area contributed by atoms with Crippen molar-refractivity contribution in [2.24, 2.45) is 0 Å². The topological polar surface area (TPSA) is 92.8 Å². The van der Waals surface area contributed by atoms with E-state index in [1.54, 1.807) is 12.1 Å². The Labute approximate surface area is 168 Å². The van der Waals surface area contributed by atoms with E-state index in [0.717, 1.165) is 12.1 Å². The van der Waals surface area contributed by atoms with Crippen LogP contribution in [0.3, 0.4) is 0 Å². The van der Waals surface area contributed by atoms with E-state index in [1.165, 1.54) is 31.2 Å². The number of carbonyl (C=O) groups excluding carboxylic acids is 4. The Bertz CT molecular complexity index is 1000. The molecule has 156 valence electrons. The molecule has 0 bridgehead atoms. The molecule has 0 aliphatic carbocycles. The maximum absolute atomic E-state index is 13.0. The first kappa shape index (κ1) is 21.0. The fourth-order valence-electron chi connectivity index (χ4n) is 2.95. The minimum absolute atomic E-state index is 0.142. The number of anilines is 1. The van der Waals surface area contributed by atoms with Gasteiger partial charge in [-0.3, -0.25) is 19.3 Å². The number of alkyl halides is 3. The third-order valence-electron chi connectivity index (χ3n) is 4.41. The summed E-state index contributed by atoms with van der Waals surface area (Å²) in [5.74, 6) is -3.41. The van der Waals surface area contributed by atoms with Crippen molar-refractivity contribution in [2.75, 3.05) is 11.9 Å². The minimum Gasteiger partial charge on any atom is -0.454 e. The van der Waals surface area contributed by atoms with Gasteiger partial charge in [-0.1, -0.05) is 24.3 Å². The molecular weight excluding hydrogens is 405 g/mol. The summed E-state index contributed by atoms with van der Waals surface area (Å²) in [4.78, 5) is 49.6. The lowest BCUT2D eigenvalue weighted by Crippen LogP contribution is -2.44. The van der Waals surface area contributed by atoms with Crippen molar-refractivity contribution in [3.8, 4) is 0 Å². The molecule has 10 heteroatoms. The average molecular weight is 420 g/mol. The predicted octanol–water partition coefficient (Wildman–Crippen LogP) is 2.87. The van der Waals surface area contributed by atoms with Gasteiger partial charge in [0.1, 0.15) is 6.04 Å². The zero-order chi connectivity index (χ0) is 22.1. The molecule has 30 heavy (non-hydrogen) atoms. The van der Waals surface area contributed by atoms with Crippen LogP contribution < -0.4 is 5.32 Å². The van der Waals surface area contributed by atoms with Crippen LogP contribution in [-0.4, -0.2) is 41.2 Å². The molecular formula is C20H15F3N2O5. The highest BCUT2D eigenvalue weighted by atomic mass is 19.4.